The number of halogens is 1. The zero-order valence-electron chi connectivity index (χ0n) is 11.9. The van der Waals surface area contributed by atoms with Crippen molar-refractivity contribution in [1.29, 1.82) is 0 Å². The lowest BCUT2D eigenvalue weighted by Gasteiger charge is -2.29. The van der Waals surface area contributed by atoms with Gasteiger partial charge in [0.2, 0.25) is 0 Å². The van der Waals surface area contributed by atoms with Crippen molar-refractivity contribution < 1.29 is 17.9 Å². The Hall–Kier alpha value is -0.630. The van der Waals surface area contributed by atoms with E-state index in [1.807, 2.05) is 0 Å². The average Bonchev–Trinajstić information content (AvgIpc) is 3.01. The number of nitrogens with two attached hydrogens (primary N) is 1. The molecule has 3 atom stereocenters. The summed E-state index contributed by atoms with van der Waals surface area (Å²) >= 11 is 0. The van der Waals surface area contributed by atoms with Crippen molar-refractivity contribution >= 4 is 28.2 Å². The van der Waals surface area contributed by atoms with Crippen LogP contribution in [0.3, 0.4) is 0 Å². The summed E-state index contributed by atoms with van der Waals surface area (Å²) in [6, 6.07) is -0.258. The molecule has 2 aliphatic rings. The number of carbonyl (C=O) groups excluding carboxylic acids is 1. The Morgan fingerprint density at radius 3 is 2.57 bits per heavy atom. The molecule has 0 aromatic rings. The van der Waals surface area contributed by atoms with E-state index in [9.17, 15) is 13.2 Å². The fourth-order valence-electron chi connectivity index (χ4n) is 2.82. The average molecular weight is 339 g/mol. The number of ether oxygens (including phenoxy) is 1. The van der Waals surface area contributed by atoms with Gasteiger partial charge in [-0.15, -0.1) is 19.0 Å². The lowest BCUT2D eigenvalue weighted by Crippen LogP contribution is -2.46. The van der Waals surface area contributed by atoms with E-state index in [-0.39, 0.29) is 42.0 Å². The molecule has 2 rings (SSSR count). The third-order valence-corrected chi connectivity index (χ3v) is 5.65. The van der Waals surface area contributed by atoms with Crippen LogP contribution in [0.2, 0.25) is 0 Å². The predicted molar refractivity (Wildman–Crippen MR) is 83.2 cm³/mol. The topological polar surface area (TPSA) is 89.7 Å². The van der Waals surface area contributed by atoms with Gasteiger partial charge in [0.25, 0.3) is 5.91 Å². The van der Waals surface area contributed by atoms with E-state index >= 15 is 0 Å². The summed E-state index contributed by atoms with van der Waals surface area (Å²) in [5.41, 5.74) is 5.54. The highest BCUT2D eigenvalue weighted by atomic mass is 35.5. The minimum atomic E-state index is -3.02. The molecular formula is C13H23ClN2O4S. The van der Waals surface area contributed by atoms with Gasteiger partial charge in [0.1, 0.15) is 6.10 Å². The van der Waals surface area contributed by atoms with Crippen molar-refractivity contribution in [1.82, 2.24) is 4.90 Å². The van der Waals surface area contributed by atoms with E-state index in [0.29, 0.717) is 25.9 Å². The van der Waals surface area contributed by atoms with Gasteiger partial charge in [-0.2, -0.15) is 0 Å². The molecular weight excluding hydrogens is 316 g/mol. The van der Waals surface area contributed by atoms with Crippen molar-refractivity contribution in [3.8, 4) is 0 Å². The quantitative estimate of drug-likeness (QED) is 0.719. The molecule has 1 unspecified atom stereocenters. The first-order valence-electron chi connectivity index (χ1n) is 6.94. The van der Waals surface area contributed by atoms with Gasteiger partial charge >= 0.3 is 0 Å². The van der Waals surface area contributed by atoms with Crippen molar-refractivity contribution in [3.05, 3.63) is 12.7 Å². The van der Waals surface area contributed by atoms with Gasteiger partial charge in [0.15, 0.2) is 9.84 Å². The molecule has 0 spiro atoms. The summed E-state index contributed by atoms with van der Waals surface area (Å²) in [5, 5.41) is 0. The molecule has 6 nitrogen and oxygen atoms in total. The SMILES string of the molecule is C=CCN(C(=O)[C@@H]1CC[C@H](CN)O1)C1CCS(=O)(=O)C1.Cl. The maximum atomic E-state index is 12.5. The molecule has 122 valence electrons. The first-order chi connectivity index (χ1) is 9.46. The zero-order valence-corrected chi connectivity index (χ0v) is 13.6. The molecule has 2 fully saturated rings. The van der Waals surface area contributed by atoms with E-state index in [0.717, 1.165) is 6.42 Å². The van der Waals surface area contributed by atoms with Crippen molar-refractivity contribution in [2.45, 2.75) is 37.5 Å². The van der Waals surface area contributed by atoms with Crippen LogP contribution in [0.5, 0.6) is 0 Å². The molecule has 2 heterocycles. The van der Waals surface area contributed by atoms with Crippen LogP contribution in [0, 0.1) is 0 Å². The lowest BCUT2D eigenvalue weighted by atomic mass is 10.1. The molecule has 8 heteroatoms. The molecule has 2 saturated heterocycles. The standard InChI is InChI=1S/C13H22N2O4S.ClH/c1-2-6-15(10-5-7-20(17,18)9-10)13(16)12-4-3-11(8-14)19-12;/h2,10-12H,1,3-9,14H2;1H/t10?,11-,12+;/m1./s1. The first-order valence-corrected chi connectivity index (χ1v) is 8.76. The van der Waals surface area contributed by atoms with Gasteiger partial charge in [-0.3, -0.25) is 4.79 Å². The fraction of sp³-hybridized carbons (Fsp3) is 0.769. The van der Waals surface area contributed by atoms with E-state index in [4.69, 9.17) is 10.5 Å². The lowest BCUT2D eigenvalue weighted by molar-refractivity contribution is -0.144. The van der Waals surface area contributed by atoms with Gasteiger partial charge in [-0.25, -0.2) is 8.42 Å². The number of sulfone groups is 1. The van der Waals surface area contributed by atoms with E-state index in [1.54, 1.807) is 11.0 Å². The molecule has 0 bridgehead atoms. The highest BCUT2D eigenvalue weighted by Crippen LogP contribution is 2.24. The molecule has 0 aliphatic carbocycles. The van der Waals surface area contributed by atoms with E-state index < -0.39 is 15.9 Å². The Labute approximate surface area is 132 Å². The van der Waals surface area contributed by atoms with Gasteiger partial charge < -0.3 is 15.4 Å². The zero-order chi connectivity index (χ0) is 14.8. The van der Waals surface area contributed by atoms with Crippen LogP contribution < -0.4 is 5.73 Å². The number of hydrogen-bond donors (Lipinski definition) is 1. The largest absolute Gasteiger partial charge is 0.364 e. The normalized spacial score (nSPS) is 30.6. The Bertz CT molecular complexity index is 483. The minimum Gasteiger partial charge on any atom is -0.364 e. The fourth-order valence-corrected chi connectivity index (χ4v) is 4.56. The van der Waals surface area contributed by atoms with Crippen molar-refractivity contribution in [2.24, 2.45) is 5.73 Å². The van der Waals surface area contributed by atoms with Crippen LogP contribution in [0.4, 0.5) is 0 Å². The second-order valence-electron chi connectivity index (χ2n) is 5.40. The smallest absolute Gasteiger partial charge is 0.252 e. The molecule has 0 aromatic carbocycles. The number of carbonyl (C=O) groups is 1. The van der Waals surface area contributed by atoms with Crippen molar-refractivity contribution in [3.63, 3.8) is 0 Å². The van der Waals surface area contributed by atoms with Crippen LogP contribution >= 0.6 is 12.4 Å². The highest BCUT2D eigenvalue weighted by molar-refractivity contribution is 7.91. The van der Waals surface area contributed by atoms with E-state index in [1.165, 1.54) is 0 Å². The molecule has 0 radical (unpaired) electrons. The molecule has 1 amide bonds. The maximum absolute atomic E-state index is 12.5. The van der Waals surface area contributed by atoms with Crippen LogP contribution in [0.15, 0.2) is 12.7 Å². The molecule has 0 aromatic heterocycles. The van der Waals surface area contributed by atoms with E-state index in [2.05, 4.69) is 6.58 Å². The third kappa shape index (κ3) is 4.42. The highest BCUT2D eigenvalue weighted by Gasteiger charge is 2.39. The molecule has 21 heavy (non-hydrogen) atoms. The van der Waals surface area contributed by atoms with Crippen LogP contribution in [0.25, 0.3) is 0 Å². The summed E-state index contributed by atoms with van der Waals surface area (Å²) in [5.74, 6) is 0.0535. The van der Waals surface area contributed by atoms with Crippen LogP contribution in [-0.2, 0) is 19.4 Å². The number of hydrogen-bond acceptors (Lipinski definition) is 5. The summed E-state index contributed by atoms with van der Waals surface area (Å²) in [6.45, 7) is 4.40. The van der Waals surface area contributed by atoms with Crippen LogP contribution in [0.1, 0.15) is 19.3 Å². The summed E-state index contributed by atoms with van der Waals surface area (Å²) in [7, 11) is -3.02. The Morgan fingerprint density at radius 1 is 1.38 bits per heavy atom. The number of rotatable bonds is 5. The predicted octanol–water partition coefficient (Wildman–Crippen LogP) is 0.116. The maximum Gasteiger partial charge on any atom is 0.252 e. The second kappa shape index (κ2) is 7.58. The number of nitrogens with zero attached hydrogens (tertiary/aromatic N) is 1. The van der Waals surface area contributed by atoms with Gasteiger partial charge in [0.05, 0.1) is 17.6 Å². The van der Waals surface area contributed by atoms with Crippen molar-refractivity contribution in [2.75, 3.05) is 24.6 Å². The summed E-state index contributed by atoms with van der Waals surface area (Å²) in [4.78, 5) is 14.1. The molecule has 2 N–H and O–H groups in total. The van der Waals surface area contributed by atoms with Gasteiger partial charge in [0, 0.05) is 19.1 Å². The molecule has 2 aliphatic heterocycles. The molecule has 0 saturated carbocycles. The Morgan fingerprint density at radius 2 is 2.10 bits per heavy atom. The van der Waals surface area contributed by atoms with Gasteiger partial charge in [-0.1, -0.05) is 6.08 Å². The van der Waals surface area contributed by atoms with Gasteiger partial charge in [-0.05, 0) is 19.3 Å². The Kier molecular flexibility index (Phi) is 6.65. The first kappa shape index (κ1) is 18.4. The summed E-state index contributed by atoms with van der Waals surface area (Å²) in [6.07, 6.45) is 2.98. The minimum absolute atomic E-state index is 0. The Balaban J connectivity index is 0.00000220. The second-order valence-corrected chi connectivity index (χ2v) is 7.62. The third-order valence-electron chi connectivity index (χ3n) is 3.90. The van der Waals surface area contributed by atoms with Crippen LogP contribution in [-0.4, -0.2) is 62.1 Å². The monoisotopic (exact) mass is 338 g/mol. The number of amides is 1. The summed E-state index contributed by atoms with van der Waals surface area (Å²) < 4.78 is 28.8.